The van der Waals surface area contributed by atoms with E-state index < -0.39 is 11.7 Å². The third kappa shape index (κ3) is 6.91. The maximum absolute atomic E-state index is 13.1. The molecule has 3 rings (SSSR count). The number of ether oxygens (including phenoxy) is 2. The van der Waals surface area contributed by atoms with Crippen molar-refractivity contribution in [3.63, 3.8) is 0 Å². The van der Waals surface area contributed by atoms with Gasteiger partial charge >= 0.3 is 0 Å². The van der Waals surface area contributed by atoms with E-state index in [-0.39, 0.29) is 5.57 Å². The number of benzene rings is 3. The average molecular weight is 574 g/mol. The Hall–Kier alpha value is -3.15. The predicted molar refractivity (Wildman–Crippen MR) is 132 cm³/mol. The SMILES string of the molecule is CCOc1cc(/C=C(\C#N)C(=O)Nc2ccc(F)cc2)c(Br)cc1OCc1ccc(Br)cc1. The molecule has 0 heterocycles. The lowest BCUT2D eigenvalue weighted by Crippen LogP contribution is -2.13. The molecule has 0 atom stereocenters. The first-order valence-electron chi connectivity index (χ1n) is 9.92. The number of halogens is 3. The molecular weight excluding hydrogens is 555 g/mol. The summed E-state index contributed by atoms with van der Waals surface area (Å²) in [6.07, 6.45) is 1.45. The van der Waals surface area contributed by atoms with Gasteiger partial charge in [-0.1, -0.05) is 44.0 Å². The summed E-state index contributed by atoms with van der Waals surface area (Å²) in [4.78, 5) is 12.5. The van der Waals surface area contributed by atoms with Gasteiger partial charge in [0.15, 0.2) is 11.5 Å². The molecule has 0 aliphatic carbocycles. The van der Waals surface area contributed by atoms with Crippen LogP contribution in [0.3, 0.4) is 0 Å². The van der Waals surface area contributed by atoms with Crippen LogP contribution in [0.4, 0.5) is 10.1 Å². The summed E-state index contributed by atoms with van der Waals surface area (Å²) >= 11 is 6.89. The van der Waals surface area contributed by atoms with Crippen molar-refractivity contribution in [1.29, 1.82) is 5.26 Å². The molecule has 8 heteroatoms. The molecule has 0 aromatic heterocycles. The summed E-state index contributed by atoms with van der Waals surface area (Å²) in [6.45, 7) is 2.61. The molecule has 0 fully saturated rings. The van der Waals surface area contributed by atoms with Crippen LogP contribution in [0, 0.1) is 17.1 Å². The van der Waals surface area contributed by atoms with Crippen LogP contribution in [0.25, 0.3) is 6.08 Å². The van der Waals surface area contributed by atoms with Gasteiger partial charge in [0.25, 0.3) is 5.91 Å². The van der Waals surface area contributed by atoms with Crippen molar-refractivity contribution in [1.82, 2.24) is 0 Å². The molecule has 0 radical (unpaired) electrons. The lowest BCUT2D eigenvalue weighted by molar-refractivity contribution is -0.112. The second kappa shape index (κ2) is 11.6. The fraction of sp³-hybridized carbons (Fsp3) is 0.120. The molecule has 3 aromatic carbocycles. The molecule has 1 amide bonds. The van der Waals surface area contributed by atoms with E-state index >= 15 is 0 Å². The zero-order valence-corrected chi connectivity index (χ0v) is 20.7. The number of amides is 1. The zero-order valence-electron chi connectivity index (χ0n) is 17.6. The van der Waals surface area contributed by atoms with Gasteiger partial charge in [0.1, 0.15) is 24.1 Å². The van der Waals surface area contributed by atoms with E-state index in [9.17, 15) is 14.4 Å². The molecule has 33 heavy (non-hydrogen) atoms. The summed E-state index contributed by atoms with van der Waals surface area (Å²) in [5, 5.41) is 12.1. The Bertz CT molecular complexity index is 1200. The highest BCUT2D eigenvalue weighted by Crippen LogP contribution is 2.35. The highest BCUT2D eigenvalue weighted by Gasteiger charge is 2.14. The predicted octanol–water partition coefficient (Wildman–Crippen LogP) is 6.87. The van der Waals surface area contributed by atoms with Gasteiger partial charge < -0.3 is 14.8 Å². The zero-order chi connectivity index (χ0) is 23.8. The van der Waals surface area contributed by atoms with E-state index in [4.69, 9.17) is 9.47 Å². The van der Waals surface area contributed by atoms with E-state index in [0.717, 1.165) is 10.0 Å². The summed E-state index contributed by atoms with van der Waals surface area (Å²) in [5.74, 6) is -0.0123. The first-order valence-corrected chi connectivity index (χ1v) is 11.5. The summed E-state index contributed by atoms with van der Waals surface area (Å²) in [5.41, 5.74) is 1.82. The van der Waals surface area contributed by atoms with Crippen LogP contribution in [-0.2, 0) is 11.4 Å². The van der Waals surface area contributed by atoms with Crippen LogP contribution in [0.5, 0.6) is 11.5 Å². The van der Waals surface area contributed by atoms with E-state index in [2.05, 4.69) is 37.2 Å². The number of rotatable bonds is 8. The standard InChI is InChI=1S/C25H19Br2FN2O3/c1-2-32-23-12-17(11-18(14-29)25(31)30-21-9-7-20(28)8-10-21)22(27)13-24(23)33-15-16-3-5-19(26)6-4-16/h3-13H,2,15H2,1H3,(H,30,31)/b18-11+. The Morgan fingerprint density at radius 3 is 2.36 bits per heavy atom. The van der Waals surface area contributed by atoms with Crippen molar-refractivity contribution in [2.75, 3.05) is 11.9 Å². The van der Waals surface area contributed by atoms with Crippen LogP contribution >= 0.6 is 31.9 Å². The van der Waals surface area contributed by atoms with Gasteiger partial charge in [-0.2, -0.15) is 5.26 Å². The second-order valence-electron chi connectivity index (χ2n) is 6.80. The number of anilines is 1. The van der Waals surface area contributed by atoms with Gasteiger partial charge in [-0.15, -0.1) is 0 Å². The number of hydrogen-bond donors (Lipinski definition) is 1. The molecule has 0 saturated heterocycles. The van der Waals surface area contributed by atoms with Gasteiger partial charge in [-0.3, -0.25) is 4.79 Å². The second-order valence-corrected chi connectivity index (χ2v) is 8.57. The Balaban J connectivity index is 1.83. The lowest BCUT2D eigenvalue weighted by Gasteiger charge is -2.14. The maximum Gasteiger partial charge on any atom is 0.266 e. The van der Waals surface area contributed by atoms with Crippen molar-refractivity contribution in [3.8, 4) is 17.6 Å². The van der Waals surface area contributed by atoms with Crippen LogP contribution in [0.15, 0.2) is 75.2 Å². The van der Waals surface area contributed by atoms with Crippen LogP contribution in [-0.4, -0.2) is 12.5 Å². The summed E-state index contributed by atoms with van der Waals surface area (Å²) in [7, 11) is 0. The molecule has 168 valence electrons. The van der Waals surface area contributed by atoms with Crippen molar-refractivity contribution in [2.45, 2.75) is 13.5 Å². The first-order chi connectivity index (χ1) is 15.9. The van der Waals surface area contributed by atoms with Gasteiger partial charge in [0.2, 0.25) is 0 Å². The van der Waals surface area contributed by atoms with Crippen molar-refractivity contribution in [2.24, 2.45) is 0 Å². The van der Waals surface area contributed by atoms with Gasteiger partial charge in [-0.25, -0.2) is 4.39 Å². The Morgan fingerprint density at radius 1 is 1.06 bits per heavy atom. The molecule has 1 N–H and O–H groups in total. The minimum atomic E-state index is -0.607. The Morgan fingerprint density at radius 2 is 1.73 bits per heavy atom. The Labute approximate surface area is 208 Å². The fourth-order valence-electron chi connectivity index (χ4n) is 2.82. The van der Waals surface area contributed by atoms with Crippen molar-refractivity contribution >= 4 is 49.5 Å². The summed E-state index contributed by atoms with van der Waals surface area (Å²) in [6, 6.07) is 18.4. The topological polar surface area (TPSA) is 71.3 Å². The quantitative estimate of drug-likeness (QED) is 0.236. The number of nitrogens with one attached hydrogen (secondary N) is 1. The molecule has 0 aliphatic rings. The van der Waals surface area contributed by atoms with Gasteiger partial charge in [0, 0.05) is 14.6 Å². The average Bonchev–Trinajstić information content (AvgIpc) is 2.80. The van der Waals surface area contributed by atoms with E-state index in [0.29, 0.717) is 40.4 Å². The monoisotopic (exact) mass is 572 g/mol. The smallest absolute Gasteiger partial charge is 0.266 e. The van der Waals surface area contributed by atoms with Crippen LogP contribution in [0.2, 0.25) is 0 Å². The third-order valence-corrected chi connectivity index (χ3v) is 5.65. The van der Waals surface area contributed by atoms with Crippen molar-refractivity contribution < 1.29 is 18.7 Å². The normalized spacial score (nSPS) is 10.9. The van der Waals surface area contributed by atoms with Crippen LogP contribution in [0.1, 0.15) is 18.1 Å². The minimum Gasteiger partial charge on any atom is -0.490 e. The lowest BCUT2D eigenvalue weighted by atomic mass is 10.1. The number of hydrogen-bond acceptors (Lipinski definition) is 4. The Kier molecular flexibility index (Phi) is 8.64. The number of carbonyl (C=O) groups excluding carboxylic acids is 1. The highest BCUT2D eigenvalue weighted by atomic mass is 79.9. The first kappa shape index (κ1) is 24.5. The third-order valence-electron chi connectivity index (χ3n) is 4.44. The largest absolute Gasteiger partial charge is 0.490 e. The molecule has 0 saturated carbocycles. The van der Waals surface area contributed by atoms with E-state index in [1.807, 2.05) is 37.3 Å². The summed E-state index contributed by atoms with van der Waals surface area (Å²) < 4.78 is 26.4. The van der Waals surface area contributed by atoms with E-state index in [1.165, 1.54) is 30.3 Å². The molecule has 0 unspecified atom stereocenters. The molecule has 0 aliphatic heterocycles. The molecule has 0 spiro atoms. The number of nitriles is 1. The molecule has 3 aromatic rings. The molecular formula is C25H19Br2FN2O3. The fourth-order valence-corrected chi connectivity index (χ4v) is 3.52. The number of carbonyl (C=O) groups is 1. The maximum atomic E-state index is 13.1. The minimum absolute atomic E-state index is 0.119. The highest BCUT2D eigenvalue weighted by molar-refractivity contribution is 9.10. The van der Waals surface area contributed by atoms with Crippen LogP contribution < -0.4 is 14.8 Å². The van der Waals surface area contributed by atoms with Gasteiger partial charge in [0.05, 0.1) is 6.61 Å². The van der Waals surface area contributed by atoms with Gasteiger partial charge in [-0.05, 0) is 72.7 Å². The number of nitrogens with zero attached hydrogens (tertiary/aromatic N) is 1. The van der Waals surface area contributed by atoms with Crippen molar-refractivity contribution in [3.05, 3.63) is 92.1 Å². The van der Waals surface area contributed by atoms with E-state index in [1.54, 1.807) is 12.1 Å². The molecule has 0 bridgehead atoms. The molecule has 5 nitrogen and oxygen atoms in total.